The Labute approximate surface area is 452 Å². The van der Waals surface area contributed by atoms with Crippen molar-refractivity contribution in [1.82, 2.24) is 28.2 Å². The zero-order valence-corrected chi connectivity index (χ0v) is 43.2. The Hall–Kier alpha value is -9.86. The lowest BCUT2D eigenvalue weighted by molar-refractivity contribution is 1.13. The quantitative estimate of drug-likeness (QED) is 0.172. The number of hydrogen-bond acceptors (Lipinski definition) is 4. The molecule has 0 saturated heterocycles. The predicted octanol–water partition coefficient (Wildman–Crippen LogP) is 19.3. The third-order valence-corrected chi connectivity index (χ3v) is 18.4. The molecule has 18 aromatic rings. The van der Waals surface area contributed by atoms with Crippen molar-refractivity contribution in [2.24, 2.45) is 0 Å². The molecule has 0 unspecified atom stereocenters. The summed E-state index contributed by atoms with van der Waals surface area (Å²) in [4.78, 5) is 10.9. The maximum Gasteiger partial charge on any atom is 0.195 e. The number of hydrogen-bond donors (Lipinski definition) is 0. The molecule has 18 rings (SSSR count). The first-order valence-corrected chi connectivity index (χ1v) is 28.0. The van der Waals surface area contributed by atoms with E-state index in [0.29, 0.717) is 0 Å². The van der Waals surface area contributed by atoms with E-state index in [1.165, 1.54) is 86.7 Å². The van der Waals surface area contributed by atoms with E-state index in [2.05, 4.69) is 261 Å². The van der Waals surface area contributed by atoms with Gasteiger partial charge in [-0.1, -0.05) is 168 Å². The van der Waals surface area contributed by atoms with Gasteiger partial charge in [-0.3, -0.25) is 9.13 Å². The second-order valence-electron chi connectivity index (χ2n) is 20.5. The molecule has 0 spiro atoms. The summed E-state index contributed by atoms with van der Waals surface area (Å²) in [7, 11) is 0. The van der Waals surface area contributed by atoms with Crippen molar-refractivity contribution in [3.8, 4) is 32.8 Å². The average Bonchev–Trinajstić information content (AvgIpc) is 4.54. The molecule has 0 radical (unpaired) electrons. The molecule has 0 aliphatic rings. The summed E-state index contributed by atoms with van der Waals surface area (Å²) < 4.78 is 12.0. The molecule has 78 heavy (non-hydrogen) atoms. The number of thiazole rings is 2. The van der Waals surface area contributed by atoms with Crippen LogP contribution in [-0.4, -0.2) is 28.2 Å². The van der Waals surface area contributed by atoms with Crippen LogP contribution in [-0.2, 0) is 0 Å². The molecule has 0 atom stereocenters. The minimum atomic E-state index is 0.950. The van der Waals surface area contributed by atoms with Crippen LogP contribution in [0.25, 0.3) is 162 Å². The Balaban J connectivity index is 0.855. The van der Waals surface area contributed by atoms with Crippen molar-refractivity contribution in [2.45, 2.75) is 0 Å². The summed E-state index contributed by atoms with van der Waals surface area (Å²) in [6, 6.07) is 88.9. The van der Waals surface area contributed by atoms with Crippen molar-refractivity contribution < 1.29 is 0 Å². The van der Waals surface area contributed by atoms with Crippen molar-refractivity contribution in [3.63, 3.8) is 0 Å². The fraction of sp³-hybridized carbons (Fsp3) is 0. The summed E-state index contributed by atoms with van der Waals surface area (Å²) in [6.45, 7) is 0. The van der Waals surface area contributed by atoms with Crippen LogP contribution in [0.15, 0.2) is 243 Å². The Kier molecular flexibility index (Phi) is 8.61. The lowest BCUT2D eigenvalue weighted by atomic mass is 9.97. The van der Waals surface area contributed by atoms with E-state index >= 15 is 0 Å². The van der Waals surface area contributed by atoms with Gasteiger partial charge in [0.05, 0.1) is 64.6 Å². The Bertz CT molecular complexity index is 5540. The molecule has 0 fully saturated rings. The molecule has 6 heterocycles. The van der Waals surface area contributed by atoms with Gasteiger partial charge in [0.15, 0.2) is 10.3 Å². The molecule has 0 aliphatic carbocycles. The first-order valence-electron chi connectivity index (χ1n) is 26.4. The lowest BCUT2D eigenvalue weighted by Crippen LogP contribution is -1.98. The van der Waals surface area contributed by atoms with Gasteiger partial charge in [0.25, 0.3) is 0 Å². The molecular weight excluding hydrogens is 989 g/mol. The fourth-order valence-electron chi connectivity index (χ4n) is 13.0. The zero-order chi connectivity index (χ0) is 50.7. The van der Waals surface area contributed by atoms with Gasteiger partial charge in [0, 0.05) is 54.5 Å². The smallest absolute Gasteiger partial charge is 0.195 e. The van der Waals surface area contributed by atoms with Crippen LogP contribution < -0.4 is 0 Å². The Morgan fingerprint density at radius 1 is 0.269 bits per heavy atom. The monoisotopic (exact) mass is 1030 g/mol. The van der Waals surface area contributed by atoms with Gasteiger partial charge < -0.3 is 9.13 Å². The normalized spacial score (nSPS) is 12.4. The summed E-state index contributed by atoms with van der Waals surface area (Å²) in [5.41, 5.74) is 15.8. The number of benzene rings is 12. The van der Waals surface area contributed by atoms with Crippen molar-refractivity contribution in [1.29, 1.82) is 0 Å². The summed E-state index contributed by atoms with van der Waals surface area (Å²) in [5.74, 6) is 0. The standard InChI is InChI=1S/C70H40N6S2/c1-3-17-46(18-4-1)73-58-24-12-10-22-49(58)54-39-63-55(40-62(54)73)53-36-42-15-7-8-16-43(42)38-61(53)75(63)69-72-57-37-45(30-34-65(57)78-69)44-28-27-41-29-33-60-66(52(41)35-44)51-32-31-50-48-21-9-13-25-59(48)74(47-19-5-2-6-20-47)67(50)68(51)76(60)70-71-56-23-11-14-26-64(56)77-70/h1-40H. The molecule has 6 nitrogen and oxygen atoms in total. The number of nitrogens with zero attached hydrogens (tertiary/aromatic N) is 6. The van der Waals surface area contributed by atoms with Crippen LogP contribution in [0.4, 0.5) is 0 Å². The van der Waals surface area contributed by atoms with Gasteiger partial charge in [0.1, 0.15) is 0 Å². The highest BCUT2D eigenvalue weighted by molar-refractivity contribution is 7.21. The molecule has 0 aliphatic heterocycles. The van der Waals surface area contributed by atoms with Crippen molar-refractivity contribution >= 4 is 152 Å². The maximum absolute atomic E-state index is 5.57. The molecule has 0 amide bonds. The first-order chi connectivity index (χ1) is 38.7. The number of rotatable bonds is 5. The summed E-state index contributed by atoms with van der Waals surface area (Å²) >= 11 is 3.50. The minimum absolute atomic E-state index is 0.950. The molecular formula is C70H40N6S2. The second kappa shape index (κ2) is 15.8. The molecule has 0 N–H and O–H groups in total. The topological polar surface area (TPSA) is 45.5 Å². The van der Waals surface area contributed by atoms with Gasteiger partial charge in [-0.25, -0.2) is 9.97 Å². The van der Waals surface area contributed by atoms with Gasteiger partial charge in [-0.2, -0.15) is 0 Å². The fourth-order valence-corrected chi connectivity index (χ4v) is 14.9. The highest BCUT2D eigenvalue weighted by atomic mass is 32.1. The maximum atomic E-state index is 5.57. The van der Waals surface area contributed by atoms with Crippen LogP contribution in [0.1, 0.15) is 0 Å². The largest absolute Gasteiger partial charge is 0.309 e. The highest BCUT2D eigenvalue weighted by Gasteiger charge is 2.25. The Morgan fingerprint density at radius 2 is 0.808 bits per heavy atom. The number of fused-ring (bicyclic) bond motifs is 18. The van der Waals surface area contributed by atoms with Crippen LogP contribution in [0, 0.1) is 0 Å². The summed E-state index contributed by atoms with van der Waals surface area (Å²) in [6.07, 6.45) is 0. The minimum Gasteiger partial charge on any atom is -0.309 e. The lowest BCUT2D eigenvalue weighted by Gasteiger charge is -2.10. The average molecular weight is 1030 g/mol. The van der Waals surface area contributed by atoms with Gasteiger partial charge in [-0.15, -0.1) is 0 Å². The van der Waals surface area contributed by atoms with E-state index in [-0.39, 0.29) is 0 Å². The van der Waals surface area contributed by atoms with Crippen LogP contribution in [0.3, 0.4) is 0 Å². The van der Waals surface area contributed by atoms with Crippen molar-refractivity contribution in [2.75, 3.05) is 0 Å². The molecule has 12 aromatic carbocycles. The van der Waals surface area contributed by atoms with E-state index in [0.717, 1.165) is 75.3 Å². The zero-order valence-electron chi connectivity index (χ0n) is 41.6. The van der Waals surface area contributed by atoms with E-state index in [1.54, 1.807) is 22.7 Å². The molecule has 6 aromatic heterocycles. The van der Waals surface area contributed by atoms with Gasteiger partial charge in [0.2, 0.25) is 0 Å². The first kappa shape index (κ1) is 42.4. The van der Waals surface area contributed by atoms with E-state index in [4.69, 9.17) is 9.97 Å². The van der Waals surface area contributed by atoms with Crippen LogP contribution in [0.5, 0.6) is 0 Å². The van der Waals surface area contributed by atoms with E-state index < -0.39 is 0 Å². The Morgan fingerprint density at radius 3 is 1.60 bits per heavy atom. The molecule has 0 bridgehead atoms. The van der Waals surface area contributed by atoms with Crippen molar-refractivity contribution in [3.05, 3.63) is 243 Å². The van der Waals surface area contributed by atoms with E-state index in [1.807, 2.05) is 0 Å². The third-order valence-electron chi connectivity index (χ3n) is 16.4. The van der Waals surface area contributed by atoms with Gasteiger partial charge in [-0.05, 0) is 130 Å². The molecule has 0 saturated carbocycles. The number of para-hydroxylation sites is 5. The van der Waals surface area contributed by atoms with E-state index in [9.17, 15) is 0 Å². The predicted molar refractivity (Wildman–Crippen MR) is 331 cm³/mol. The molecule has 8 heteroatoms. The third kappa shape index (κ3) is 5.90. The summed E-state index contributed by atoms with van der Waals surface area (Å²) in [5, 5.41) is 16.4. The SMILES string of the molecule is c1ccc(-n2c3ccccc3c3cc4c(cc32)c2cc3ccccc3cc2n4-c2nc3cc(-c4ccc5ccc6c(c5c4)c4ccc5c7ccccc7n(-c7ccccc7)c5c4n6-c4nc5ccccc5s4)ccc3s2)cc1. The van der Waals surface area contributed by atoms with Crippen LogP contribution >= 0.6 is 22.7 Å². The van der Waals surface area contributed by atoms with Gasteiger partial charge >= 0.3 is 0 Å². The van der Waals surface area contributed by atoms with Crippen LogP contribution in [0.2, 0.25) is 0 Å². The second-order valence-corrected chi connectivity index (χ2v) is 22.6. The highest BCUT2D eigenvalue weighted by Crippen LogP contribution is 2.47. The molecule has 362 valence electrons. The number of aromatic nitrogens is 6.